The number of carbonyl (C=O) groups is 1. The molecule has 3 nitrogen and oxygen atoms in total. The minimum atomic E-state index is -1.23. The first-order valence-corrected chi connectivity index (χ1v) is 4.69. The van der Waals surface area contributed by atoms with Crippen LogP contribution in [0.4, 0.5) is 0 Å². The van der Waals surface area contributed by atoms with Gasteiger partial charge in [-0.3, -0.25) is 0 Å². The largest absolute Gasteiger partial charge is 1.00 e. The van der Waals surface area contributed by atoms with Gasteiger partial charge in [0.1, 0.15) is 5.75 Å². The van der Waals surface area contributed by atoms with Crippen molar-refractivity contribution in [2.75, 3.05) is 0 Å². The third kappa shape index (κ3) is 3.86. The molecule has 0 unspecified atom stereocenters. The maximum atomic E-state index is 10.7. The van der Waals surface area contributed by atoms with Crippen LogP contribution in [0.3, 0.4) is 0 Å². The summed E-state index contributed by atoms with van der Waals surface area (Å²) in [5.41, 5.74) is 0.577. The summed E-state index contributed by atoms with van der Waals surface area (Å²) in [4.78, 5) is 10.7. The van der Waals surface area contributed by atoms with E-state index in [2.05, 4.69) is 0 Å². The fraction of sp³-hybridized carbons (Fsp3) is 0.364. The van der Waals surface area contributed by atoms with E-state index in [0.717, 1.165) is 12.8 Å². The van der Waals surface area contributed by atoms with E-state index in [1.165, 1.54) is 18.2 Å². The molecular weight excluding hydrogens is 203 g/mol. The van der Waals surface area contributed by atoms with Crippen LogP contribution in [0.1, 0.15) is 35.7 Å². The number of rotatable bonds is 4. The number of phenols is 1. The van der Waals surface area contributed by atoms with Crippen molar-refractivity contribution in [1.82, 2.24) is 0 Å². The molecule has 15 heavy (non-hydrogen) atoms. The summed E-state index contributed by atoms with van der Waals surface area (Å²) in [5, 5.41) is 20.2. The zero-order valence-electron chi connectivity index (χ0n) is 9.12. The van der Waals surface area contributed by atoms with E-state index in [-0.39, 0.29) is 40.9 Å². The number of carboxylic acids is 1. The number of benzene rings is 1. The van der Waals surface area contributed by atoms with Crippen molar-refractivity contribution in [3.8, 4) is 5.75 Å². The van der Waals surface area contributed by atoms with E-state index in [9.17, 15) is 15.0 Å². The number of unbranched alkanes of at least 4 members (excludes halogenated alkanes) is 1. The quantitative estimate of drug-likeness (QED) is 0.598. The zero-order valence-corrected chi connectivity index (χ0v) is 11.1. The minimum absolute atomic E-state index is 0. The Morgan fingerprint density at radius 3 is 2.67 bits per heavy atom. The molecule has 0 aliphatic heterocycles. The van der Waals surface area contributed by atoms with Crippen molar-refractivity contribution in [1.29, 1.82) is 0 Å². The number of hydrogen-bond donors (Lipinski definition) is 1. The first kappa shape index (κ1) is 14.5. The Balaban J connectivity index is 0.00000196. The maximum absolute atomic E-state index is 10.7. The molecule has 0 fully saturated rings. The molecule has 76 valence electrons. The van der Waals surface area contributed by atoms with Gasteiger partial charge in [-0.2, -0.15) is 0 Å². The molecule has 0 amide bonds. The second-order valence-electron chi connectivity index (χ2n) is 3.19. The fourth-order valence-electron chi connectivity index (χ4n) is 1.38. The molecule has 4 heteroatoms. The van der Waals surface area contributed by atoms with Crippen LogP contribution in [0, 0.1) is 0 Å². The smallest absolute Gasteiger partial charge is 0.545 e. The van der Waals surface area contributed by atoms with Crippen LogP contribution in [0.5, 0.6) is 5.75 Å². The van der Waals surface area contributed by atoms with Gasteiger partial charge in [-0.25, -0.2) is 0 Å². The van der Waals surface area contributed by atoms with Gasteiger partial charge in [-0.1, -0.05) is 25.5 Å². The van der Waals surface area contributed by atoms with Crippen molar-refractivity contribution in [3.05, 3.63) is 29.3 Å². The Kier molecular flexibility index (Phi) is 6.65. The van der Waals surface area contributed by atoms with E-state index in [1.54, 1.807) is 0 Å². The second-order valence-corrected chi connectivity index (χ2v) is 3.19. The van der Waals surface area contributed by atoms with Crippen LogP contribution < -0.4 is 34.7 Å². The summed E-state index contributed by atoms with van der Waals surface area (Å²) in [6, 6.07) is 4.47. The van der Waals surface area contributed by atoms with Crippen LogP contribution in [-0.2, 0) is 6.42 Å². The fourth-order valence-corrected chi connectivity index (χ4v) is 1.38. The third-order valence-corrected chi connectivity index (χ3v) is 2.15. The van der Waals surface area contributed by atoms with E-state index in [0.29, 0.717) is 12.0 Å². The average Bonchev–Trinajstić information content (AvgIpc) is 2.15. The molecule has 0 saturated carbocycles. The van der Waals surface area contributed by atoms with E-state index >= 15 is 0 Å². The Labute approximate surface area is 111 Å². The summed E-state index contributed by atoms with van der Waals surface area (Å²) < 4.78 is 0. The molecule has 0 bridgehead atoms. The zero-order chi connectivity index (χ0) is 10.6. The summed E-state index contributed by atoms with van der Waals surface area (Å²) in [6.07, 6.45) is 2.39. The molecule has 1 aromatic carbocycles. The number of carboxylic acid groups (broad SMARTS) is 1. The first-order valence-electron chi connectivity index (χ1n) is 4.69. The molecule has 0 radical (unpaired) electrons. The molecule has 0 spiro atoms. The number of carbonyl (C=O) groups excluding carboxylic acids is 1. The van der Waals surface area contributed by atoms with Crippen molar-refractivity contribution in [2.24, 2.45) is 0 Å². The normalized spacial score (nSPS) is 9.40. The monoisotopic (exact) mass is 216 g/mol. The van der Waals surface area contributed by atoms with Gasteiger partial charge < -0.3 is 15.0 Å². The van der Waals surface area contributed by atoms with Gasteiger partial charge in [0.05, 0.1) is 5.97 Å². The van der Waals surface area contributed by atoms with Gasteiger partial charge in [0.25, 0.3) is 0 Å². The standard InChI is InChI=1S/C11H14O3.Na/c1-2-3-5-8-9(11(13)14)6-4-7-10(8)12;/h4,6-7,12H,2-3,5H2,1H3,(H,13,14);/q;+1/p-1. The average molecular weight is 216 g/mol. The summed E-state index contributed by atoms with van der Waals surface area (Å²) >= 11 is 0. The molecule has 0 heterocycles. The molecule has 1 aromatic rings. The van der Waals surface area contributed by atoms with Crippen molar-refractivity contribution in [2.45, 2.75) is 26.2 Å². The molecule has 0 aromatic heterocycles. The van der Waals surface area contributed by atoms with Crippen LogP contribution in [0.2, 0.25) is 0 Å². The van der Waals surface area contributed by atoms with Crippen LogP contribution in [0.25, 0.3) is 0 Å². The van der Waals surface area contributed by atoms with Crippen molar-refractivity contribution in [3.63, 3.8) is 0 Å². The molecule has 0 aliphatic rings. The minimum Gasteiger partial charge on any atom is -0.545 e. The van der Waals surface area contributed by atoms with Crippen LogP contribution in [0.15, 0.2) is 18.2 Å². The molecule has 0 aliphatic carbocycles. The molecule has 0 saturated heterocycles. The summed E-state index contributed by atoms with van der Waals surface area (Å²) in [7, 11) is 0. The SMILES string of the molecule is CCCCc1c(O)cccc1C(=O)[O-].[Na+]. The van der Waals surface area contributed by atoms with Gasteiger partial charge in [0.15, 0.2) is 0 Å². The molecule has 1 rings (SSSR count). The Hall–Kier alpha value is -0.510. The van der Waals surface area contributed by atoms with Crippen molar-refractivity contribution >= 4 is 5.97 Å². The topological polar surface area (TPSA) is 60.4 Å². The van der Waals surface area contributed by atoms with E-state index < -0.39 is 5.97 Å². The number of aromatic carboxylic acids is 1. The molecule has 1 N–H and O–H groups in total. The second kappa shape index (κ2) is 6.88. The van der Waals surface area contributed by atoms with Gasteiger partial charge in [0.2, 0.25) is 0 Å². The van der Waals surface area contributed by atoms with Gasteiger partial charge >= 0.3 is 29.6 Å². The predicted molar refractivity (Wildman–Crippen MR) is 51.0 cm³/mol. The third-order valence-electron chi connectivity index (χ3n) is 2.15. The maximum Gasteiger partial charge on any atom is 1.00 e. The number of aromatic hydroxyl groups is 1. The van der Waals surface area contributed by atoms with Crippen LogP contribution in [-0.4, -0.2) is 11.1 Å². The summed E-state index contributed by atoms with van der Waals surface area (Å²) in [6.45, 7) is 2.01. The van der Waals surface area contributed by atoms with Gasteiger partial charge in [0, 0.05) is 11.1 Å². The Bertz CT molecular complexity index is 337. The first-order chi connectivity index (χ1) is 6.66. The Morgan fingerprint density at radius 2 is 2.13 bits per heavy atom. The van der Waals surface area contributed by atoms with Crippen LogP contribution >= 0.6 is 0 Å². The van der Waals surface area contributed by atoms with E-state index in [1.807, 2.05) is 6.92 Å². The van der Waals surface area contributed by atoms with Crippen molar-refractivity contribution < 1.29 is 44.6 Å². The van der Waals surface area contributed by atoms with Gasteiger partial charge in [-0.05, 0) is 18.9 Å². The predicted octanol–water partition coefficient (Wildman–Crippen LogP) is -1.90. The summed E-state index contributed by atoms with van der Waals surface area (Å²) in [5.74, 6) is -1.19. The van der Waals surface area contributed by atoms with Gasteiger partial charge in [-0.15, -0.1) is 0 Å². The van der Waals surface area contributed by atoms with E-state index in [4.69, 9.17) is 0 Å². The molecule has 0 atom stereocenters. The number of hydrogen-bond acceptors (Lipinski definition) is 3. The molecular formula is C11H13NaO3. The number of phenolic OH excluding ortho intramolecular Hbond substituents is 1. The Morgan fingerprint density at radius 1 is 1.47 bits per heavy atom.